The van der Waals surface area contributed by atoms with Crippen molar-refractivity contribution in [3.05, 3.63) is 27.7 Å². The molecule has 0 aliphatic heterocycles. The first-order valence-corrected chi connectivity index (χ1v) is 3.38. The highest BCUT2D eigenvalue weighted by atomic mass is 127. The molecule has 0 bridgehead atoms. The van der Waals surface area contributed by atoms with Crippen molar-refractivity contribution in [3.8, 4) is 5.75 Å². The SMILES string of the molecule is [2H]c1c([2H])c([2H])c(OC)c(I)c1[2H]. The second-order valence-electron chi connectivity index (χ2n) is 1.35. The van der Waals surface area contributed by atoms with Gasteiger partial charge in [0.05, 0.1) is 16.2 Å². The lowest BCUT2D eigenvalue weighted by Gasteiger charge is -1.99. The molecule has 0 atom stereocenters. The Labute approximate surface area is 73.8 Å². The fourth-order valence-electron chi connectivity index (χ4n) is 0.426. The van der Waals surface area contributed by atoms with Gasteiger partial charge in [0, 0.05) is 0 Å². The number of hydrogen-bond donors (Lipinski definition) is 0. The summed E-state index contributed by atoms with van der Waals surface area (Å²) >= 11 is 1.84. The third kappa shape index (κ3) is 1.58. The molecule has 0 fully saturated rings. The van der Waals surface area contributed by atoms with E-state index in [1.165, 1.54) is 7.11 Å². The van der Waals surface area contributed by atoms with Gasteiger partial charge in [-0.3, -0.25) is 0 Å². The zero-order valence-electron chi connectivity index (χ0n) is 8.79. The molecule has 1 rings (SSSR count). The van der Waals surface area contributed by atoms with Crippen LogP contribution in [0.15, 0.2) is 24.2 Å². The second kappa shape index (κ2) is 3.06. The van der Waals surface area contributed by atoms with Crippen molar-refractivity contribution in [1.29, 1.82) is 0 Å². The first-order chi connectivity index (χ1) is 6.00. The van der Waals surface area contributed by atoms with Gasteiger partial charge in [-0.15, -0.1) is 0 Å². The summed E-state index contributed by atoms with van der Waals surface area (Å²) < 4.78 is 34.9. The van der Waals surface area contributed by atoms with Crippen molar-refractivity contribution >= 4 is 22.6 Å². The van der Waals surface area contributed by atoms with Gasteiger partial charge in [-0.25, -0.2) is 0 Å². The Kier molecular flexibility index (Phi) is 1.10. The molecular weight excluding hydrogens is 227 g/mol. The molecule has 9 heavy (non-hydrogen) atoms. The maximum absolute atomic E-state index is 7.45. The van der Waals surface area contributed by atoms with Gasteiger partial charge in [0.25, 0.3) is 0 Å². The first kappa shape index (κ1) is 3.23. The van der Waals surface area contributed by atoms with Crippen molar-refractivity contribution in [1.82, 2.24) is 0 Å². The lowest BCUT2D eigenvalue weighted by molar-refractivity contribution is 0.412. The van der Waals surface area contributed by atoms with Crippen LogP contribution in [0.1, 0.15) is 5.48 Å². The molecule has 1 nitrogen and oxygen atoms in total. The maximum atomic E-state index is 7.45. The molecule has 0 heterocycles. The molecule has 0 saturated carbocycles. The highest BCUT2D eigenvalue weighted by Crippen LogP contribution is 2.18. The van der Waals surface area contributed by atoms with Crippen molar-refractivity contribution < 1.29 is 10.2 Å². The largest absolute Gasteiger partial charge is 0.496 e. The fraction of sp³-hybridized carbons (Fsp3) is 0.143. The van der Waals surface area contributed by atoms with Crippen LogP contribution in [0.3, 0.4) is 0 Å². The fourth-order valence-corrected chi connectivity index (χ4v) is 0.916. The quantitative estimate of drug-likeness (QED) is 0.682. The Morgan fingerprint density at radius 3 is 2.89 bits per heavy atom. The summed E-state index contributed by atoms with van der Waals surface area (Å²) in [6.45, 7) is 0. The number of hydrogen-bond acceptors (Lipinski definition) is 1. The number of rotatable bonds is 1. The van der Waals surface area contributed by atoms with Crippen LogP contribution in [0.25, 0.3) is 0 Å². The Morgan fingerprint density at radius 2 is 2.22 bits per heavy atom. The van der Waals surface area contributed by atoms with Crippen LogP contribution in [0.2, 0.25) is 0 Å². The smallest absolute Gasteiger partial charge is 0.132 e. The molecule has 0 aliphatic carbocycles. The van der Waals surface area contributed by atoms with E-state index in [2.05, 4.69) is 0 Å². The molecule has 48 valence electrons. The van der Waals surface area contributed by atoms with E-state index < -0.39 is 0 Å². The van der Waals surface area contributed by atoms with E-state index >= 15 is 0 Å². The minimum atomic E-state index is -0.262. The summed E-state index contributed by atoms with van der Waals surface area (Å²) in [7, 11) is 1.39. The van der Waals surface area contributed by atoms with Gasteiger partial charge in [0.2, 0.25) is 0 Å². The zero-order valence-corrected chi connectivity index (χ0v) is 6.94. The van der Waals surface area contributed by atoms with E-state index in [1.807, 2.05) is 22.6 Å². The monoisotopic (exact) mass is 238 g/mol. The molecule has 0 amide bonds. The number of halogens is 1. The topological polar surface area (TPSA) is 9.23 Å². The average molecular weight is 238 g/mol. The van der Waals surface area contributed by atoms with Gasteiger partial charge in [-0.1, -0.05) is 12.1 Å². The van der Waals surface area contributed by atoms with Crippen LogP contribution in [-0.2, 0) is 0 Å². The van der Waals surface area contributed by atoms with Gasteiger partial charge in [-0.2, -0.15) is 0 Å². The molecule has 1 aromatic carbocycles. The Morgan fingerprint density at radius 1 is 1.56 bits per heavy atom. The van der Waals surface area contributed by atoms with Crippen molar-refractivity contribution in [2.75, 3.05) is 7.11 Å². The summed E-state index contributed by atoms with van der Waals surface area (Å²) in [5.74, 6) is 0.201. The van der Waals surface area contributed by atoms with Gasteiger partial charge in [0.15, 0.2) is 0 Å². The zero-order chi connectivity index (χ0) is 10.2. The molecule has 0 unspecified atom stereocenters. The van der Waals surface area contributed by atoms with Crippen LogP contribution in [0.5, 0.6) is 5.75 Å². The van der Waals surface area contributed by atoms with Crippen molar-refractivity contribution in [3.63, 3.8) is 0 Å². The summed E-state index contributed by atoms with van der Waals surface area (Å²) in [6, 6.07) is -0.677. The summed E-state index contributed by atoms with van der Waals surface area (Å²) in [6.07, 6.45) is 0. The lowest BCUT2D eigenvalue weighted by atomic mass is 10.3. The Bertz CT molecular complexity index is 324. The predicted octanol–water partition coefficient (Wildman–Crippen LogP) is 2.30. The summed E-state index contributed by atoms with van der Waals surface area (Å²) in [5.41, 5.74) is 0. The average Bonchev–Trinajstić information content (AvgIpc) is 2.13. The predicted molar refractivity (Wildman–Crippen MR) is 45.7 cm³/mol. The van der Waals surface area contributed by atoms with Crippen LogP contribution in [0.4, 0.5) is 0 Å². The molecule has 0 aliphatic rings. The molecule has 0 aromatic heterocycles. The summed E-state index contributed by atoms with van der Waals surface area (Å²) in [5, 5.41) is 0. The van der Waals surface area contributed by atoms with Gasteiger partial charge >= 0.3 is 0 Å². The number of methoxy groups -OCH3 is 1. The van der Waals surface area contributed by atoms with E-state index in [9.17, 15) is 0 Å². The van der Waals surface area contributed by atoms with E-state index in [-0.39, 0.29) is 29.9 Å². The number of ether oxygens (including phenoxy) is 1. The molecule has 1 aromatic rings. The number of para-hydroxylation sites is 1. The van der Waals surface area contributed by atoms with Crippen LogP contribution in [-0.4, -0.2) is 7.11 Å². The first-order valence-electron chi connectivity index (χ1n) is 4.30. The third-order valence-corrected chi connectivity index (χ3v) is 1.57. The van der Waals surface area contributed by atoms with Gasteiger partial charge < -0.3 is 4.74 Å². The molecule has 0 N–H and O–H groups in total. The molecule has 2 heteroatoms. The summed E-state index contributed by atoms with van der Waals surface area (Å²) in [4.78, 5) is 0. The van der Waals surface area contributed by atoms with Gasteiger partial charge in [-0.05, 0) is 34.7 Å². The van der Waals surface area contributed by atoms with E-state index in [1.54, 1.807) is 0 Å². The normalized spacial score (nSPS) is 15.3. The maximum Gasteiger partial charge on any atom is 0.132 e. The van der Waals surface area contributed by atoms with Crippen molar-refractivity contribution in [2.24, 2.45) is 0 Å². The minimum Gasteiger partial charge on any atom is -0.496 e. The van der Waals surface area contributed by atoms with E-state index in [0.717, 1.165) is 0 Å². The molecular formula is C7H7IO. The minimum absolute atomic E-state index is 0.0570. The van der Waals surface area contributed by atoms with Crippen LogP contribution in [0, 0.1) is 3.57 Å². The van der Waals surface area contributed by atoms with Crippen molar-refractivity contribution in [2.45, 2.75) is 0 Å². The molecule has 0 spiro atoms. The van der Waals surface area contributed by atoms with Crippen LogP contribution < -0.4 is 4.74 Å². The molecule has 0 radical (unpaired) electrons. The Balaban J connectivity index is 3.56. The lowest BCUT2D eigenvalue weighted by Crippen LogP contribution is -1.83. The highest BCUT2D eigenvalue weighted by molar-refractivity contribution is 14.1. The highest BCUT2D eigenvalue weighted by Gasteiger charge is 1.92. The Hall–Kier alpha value is -0.250. The second-order valence-corrected chi connectivity index (χ2v) is 2.43. The van der Waals surface area contributed by atoms with Gasteiger partial charge in [0.1, 0.15) is 5.75 Å². The van der Waals surface area contributed by atoms with Crippen LogP contribution >= 0.6 is 22.6 Å². The van der Waals surface area contributed by atoms with E-state index in [0.29, 0.717) is 3.57 Å². The third-order valence-electron chi connectivity index (χ3n) is 0.814. The number of benzene rings is 1. The van der Waals surface area contributed by atoms with E-state index in [4.69, 9.17) is 10.2 Å². The standard InChI is InChI=1S/C7H7IO/c1-9-7-5-3-2-4-6(7)8/h2-5H,1H3/i2D,3D,4D,5D. The molecule has 0 saturated heterocycles.